The van der Waals surface area contributed by atoms with Crippen molar-refractivity contribution < 1.29 is 4.79 Å². The third-order valence-electron chi connectivity index (χ3n) is 1.59. The molecule has 1 unspecified atom stereocenters. The van der Waals surface area contributed by atoms with Crippen LogP contribution in [0.3, 0.4) is 0 Å². The molecular weight excluding hydrogens is 184 g/mol. The first-order valence-corrected chi connectivity index (χ1v) is 4.99. The highest BCUT2D eigenvalue weighted by molar-refractivity contribution is 8.00. The molecule has 2 N–H and O–H groups in total. The molecule has 0 spiro atoms. The van der Waals surface area contributed by atoms with Crippen molar-refractivity contribution in [1.82, 2.24) is 4.98 Å². The highest BCUT2D eigenvalue weighted by Crippen LogP contribution is 2.22. The standard InChI is InChI=1S/C9H12N2OS/c1-2-7(9(10)12)13-8-5-3-4-6-11-8/h3-7H,2H2,1H3,(H2,10,12). The molecule has 0 aliphatic heterocycles. The molecule has 1 rings (SSSR count). The van der Waals surface area contributed by atoms with Gasteiger partial charge in [-0.15, -0.1) is 0 Å². The number of thioether (sulfide) groups is 1. The summed E-state index contributed by atoms with van der Waals surface area (Å²) in [6.45, 7) is 1.94. The lowest BCUT2D eigenvalue weighted by Gasteiger charge is -2.08. The number of hydrogen-bond donors (Lipinski definition) is 1. The lowest BCUT2D eigenvalue weighted by Crippen LogP contribution is -2.24. The minimum Gasteiger partial charge on any atom is -0.369 e. The first-order chi connectivity index (χ1) is 6.24. The number of carbonyl (C=O) groups is 1. The SMILES string of the molecule is CCC(Sc1ccccn1)C(N)=O. The van der Waals surface area contributed by atoms with Crippen LogP contribution in [0, 0.1) is 0 Å². The molecule has 1 amide bonds. The van der Waals surface area contributed by atoms with Crippen molar-refractivity contribution in [2.24, 2.45) is 5.73 Å². The topological polar surface area (TPSA) is 56.0 Å². The summed E-state index contributed by atoms with van der Waals surface area (Å²) in [5.74, 6) is -0.279. The van der Waals surface area contributed by atoms with Gasteiger partial charge in [-0.05, 0) is 18.6 Å². The van der Waals surface area contributed by atoms with Gasteiger partial charge in [0, 0.05) is 6.20 Å². The van der Waals surface area contributed by atoms with Gasteiger partial charge in [0.25, 0.3) is 0 Å². The normalized spacial score (nSPS) is 12.4. The van der Waals surface area contributed by atoms with E-state index in [1.807, 2.05) is 25.1 Å². The summed E-state index contributed by atoms with van der Waals surface area (Å²) >= 11 is 1.41. The molecule has 0 bridgehead atoms. The molecule has 4 heteroatoms. The van der Waals surface area contributed by atoms with E-state index in [2.05, 4.69) is 4.98 Å². The van der Waals surface area contributed by atoms with E-state index in [9.17, 15) is 4.79 Å². The first kappa shape index (κ1) is 10.1. The second kappa shape index (κ2) is 4.87. The van der Waals surface area contributed by atoms with E-state index in [-0.39, 0.29) is 11.2 Å². The Morgan fingerprint density at radius 2 is 2.46 bits per heavy atom. The number of pyridine rings is 1. The van der Waals surface area contributed by atoms with Gasteiger partial charge in [0.15, 0.2) is 0 Å². The average molecular weight is 196 g/mol. The lowest BCUT2D eigenvalue weighted by molar-refractivity contribution is -0.117. The van der Waals surface area contributed by atoms with Crippen LogP contribution in [0.2, 0.25) is 0 Å². The first-order valence-electron chi connectivity index (χ1n) is 4.11. The van der Waals surface area contributed by atoms with Gasteiger partial charge in [-0.2, -0.15) is 0 Å². The number of hydrogen-bond acceptors (Lipinski definition) is 3. The van der Waals surface area contributed by atoms with E-state index >= 15 is 0 Å². The average Bonchev–Trinajstić information content (AvgIpc) is 2.15. The summed E-state index contributed by atoms with van der Waals surface area (Å²) in [4.78, 5) is 15.0. The van der Waals surface area contributed by atoms with Crippen molar-refractivity contribution in [3.8, 4) is 0 Å². The molecule has 1 aromatic heterocycles. The third-order valence-corrected chi connectivity index (χ3v) is 2.92. The van der Waals surface area contributed by atoms with Crippen molar-refractivity contribution in [2.45, 2.75) is 23.6 Å². The third kappa shape index (κ3) is 3.06. The van der Waals surface area contributed by atoms with Gasteiger partial charge in [0.1, 0.15) is 0 Å². The summed E-state index contributed by atoms with van der Waals surface area (Å²) in [5, 5.41) is 0.669. The Morgan fingerprint density at radius 1 is 1.69 bits per heavy atom. The summed E-state index contributed by atoms with van der Waals surface area (Å²) in [7, 11) is 0. The van der Waals surface area contributed by atoms with Crippen LogP contribution in [0.1, 0.15) is 13.3 Å². The number of nitrogens with zero attached hydrogens (tertiary/aromatic N) is 1. The van der Waals surface area contributed by atoms with E-state index in [1.54, 1.807) is 6.20 Å². The largest absolute Gasteiger partial charge is 0.369 e. The molecule has 0 radical (unpaired) electrons. The Labute approximate surface area is 81.7 Å². The summed E-state index contributed by atoms with van der Waals surface area (Å²) in [6, 6.07) is 5.61. The fourth-order valence-electron chi connectivity index (χ4n) is 0.905. The van der Waals surface area contributed by atoms with Crippen LogP contribution in [-0.2, 0) is 4.79 Å². The van der Waals surface area contributed by atoms with Gasteiger partial charge in [0.05, 0.1) is 10.3 Å². The highest BCUT2D eigenvalue weighted by atomic mass is 32.2. The van der Waals surface area contributed by atoms with Crippen molar-refractivity contribution in [2.75, 3.05) is 0 Å². The van der Waals surface area contributed by atoms with Crippen molar-refractivity contribution in [3.05, 3.63) is 24.4 Å². The Balaban J connectivity index is 2.62. The molecule has 0 saturated heterocycles. The maximum absolute atomic E-state index is 10.9. The van der Waals surface area contributed by atoms with E-state index < -0.39 is 0 Å². The number of rotatable bonds is 4. The molecule has 0 aliphatic rings. The van der Waals surface area contributed by atoms with E-state index in [1.165, 1.54) is 11.8 Å². The maximum atomic E-state index is 10.9. The molecule has 13 heavy (non-hydrogen) atoms. The number of primary amides is 1. The van der Waals surface area contributed by atoms with Crippen LogP contribution in [0.15, 0.2) is 29.4 Å². The number of carbonyl (C=O) groups excluding carboxylic acids is 1. The number of aromatic nitrogens is 1. The van der Waals surface area contributed by atoms with E-state index in [4.69, 9.17) is 5.73 Å². The van der Waals surface area contributed by atoms with Gasteiger partial charge < -0.3 is 5.73 Å². The van der Waals surface area contributed by atoms with Gasteiger partial charge in [0.2, 0.25) is 5.91 Å². The Morgan fingerprint density at radius 3 is 2.92 bits per heavy atom. The van der Waals surface area contributed by atoms with Gasteiger partial charge >= 0.3 is 0 Å². The van der Waals surface area contributed by atoms with Crippen LogP contribution in [0.4, 0.5) is 0 Å². The summed E-state index contributed by atoms with van der Waals surface area (Å²) in [6.07, 6.45) is 2.44. The molecule has 70 valence electrons. The van der Waals surface area contributed by atoms with Crippen LogP contribution in [0.5, 0.6) is 0 Å². The van der Waals surface area contributed by atoms with Crippen molar-refractivity contribution in [3.63, 3.8) is 0 Å². The summed E-state index contributed by atoms with van der Waals surface area (Å²) in [5.41, 5.74) is 5.21. The second-order valence-corrected chi connectivity index (χ2v) is 3.81. The number of nitrogens with two attached hydrogens (primary N) is 1. The molecule has 3 nitrogen and oxygen atoms in total. The van der Waals surface area contributed by atoms with Crippen molar-refractivity contribution in [1.29, 1.82) is 0 Å². The predicted octanol–water partition coefficient (Wildman–Crippen LogP) is 1.44. The Bertz CT molecular complexity index is 276. The number of amides is 1. The highest BCUT2D eigenvalue weighted by Gasteiger charge is 2.14. The van der Waals surface area contributed by atoms with Crippen LogP contribution in [-0.4, -0.2) is 16.1 Å². The van der Waals surface area contributed by atoms with Gasteiger partial charge in [-0.1, -0.05) is 24.8 Å². The molecule has 0 fully saturated rings. The maximum Gasteiger partial charge on any atom is 0.230 e. The fraction of sp³-hybridized carbons (Fsp3) is 0.333. The Hall–Kier alpha value is -1.03. The quantitative estimate of drug-likeness (QED) is 0.741. The van der Waals surface area contributed by atoms with Crippen molar-refractivity contribution >= 4 is 17.7 Å². The fourth-order valence-corrected chi connectivity index (χ4v) is 1.76. The zero-order chi connectivity index (χ0) is 9.68. The van der Waals surface area contributed by atoms with Crippen LogP contribution < -0.4 is 5.73 Å². The van der Waals surface area contributed by atoms with Gasteiger partial charge in [-0.3, -0.25) is 4.79 Å². The van der Waals surface area contributed by atoms with E-state index in [0.29, 0.717) is 0 Å². The minimum atomic E-state index is -0.279. The molecular formula is C9H12N2OS. The zero-order valence-corrected chi connectivity index (χ0v) is 8.25. The molecule has 0 aromatic carbocycles. The molecule has 0 saturated carbocycles. The van der Waals surface area contributed by atoms with Crippen LogP contribution in [0.25, 0.3) is 0 Å². The lowest BCUT2D eigenvalue weighted by atomic mass is 10.3. The molecule has 1 atom stereocenters. The Kier molecular flexibility index (Phi) is 3.76. The smallest absolute Gasteiger partial charge is 0.230 e. The molecule has 1 heterocycles. The van der Waals surface area contributed by atoms with Crippen LogP contribution >= 0.6 is 11.8 Å². The monoisotopic (exact) mass is 196 g/mol. The molecule has 1 aromatic rings. The van der Waals surface area contributed by atoms with E-state index in [0.717, 1.165) is 11.4 Å². The summed E-state index contributed by atoms with van der Waals surface area (Å²) < 4.78 is 0. The second-order valence-electron chi connectivity index (χ2n) is 2.59. The van der Waals surface area contributed by atoms with Gasteiger partial charge in [-0.25, -0.2) is 4.98 Å². The minimum absolute atomic E-state index is 0.171. The predicted molar refractivity (Wildman–Crippen MR) is 53.4 cm³/mol. The molecule has 0 aliphatic carbocycles. The zero-order valence-electron chi connectivity index (χ0n) is 7.43.